The largest absolute Gasteiger partial charge is 0.357 e. The van der Waals surface area contributed by atoms with Gasteiger partial charge in [0.1, 0.15) is 8.07 Å². The van der Waals surface area contributed by atoms with E-state index in [1.807, 2.05) is 0 Å². The van der Waals surface area contributed by atoms with E-state index in [4.69, 9.17) is 15.9 Å². The molecular weight excluding hydrogens is 504 g/mol. The highest BCUT2D eigenvalue weighted by Gasteiger charge is 2.52. The van der Waals surface area contributed by atoms with Gasteiger partial charge in [-0.1, -0.05) is 102 Å². The van der Waals surface area contributed by atoms with Gasteiger partial charge in [-0.2, -0.15) is 0 Å². The zero-order chi connectivity index (χ0) is 28.9. The Bertz CT molecular complexity index is 1580. The number of hydrogen-bond donors (Lipinski definition) is 0. The average Bonchev–Trinajstić information content (AvgIpc) is 2.95. The van der Waals surface area contributed by atoms with Gasteiger partial charge in [0.2, 0.25) is 0 Å². The molecule has 1 aliphatic carbocycles. The van der Waals surface area contributed by atoms with Gasteiger partial charge in [0.25, 0.3) is 0 Å². The van der Waals surface area contributed by atoms with Crippen molar-refractivity contribution in [3.63, 3.8) is 0 Å². The molecule has 0 unspecified atom stereocenters. The van der Waals surface area contributed by atoms with E-state index >= 15 is 0 Å². The number of fused-ring (bicyclic) bond motifs is 4. The van der Waals surface area contributed by atoms with Gasteiger partial charge in [0.05, 0.1) is 0 Å². The van der Waals surface area contributed by atoms with Crippen LogP contribution in [0.25, 0.3) is 21.5 Å². The summed E-state index contributed by atoms with van der Waals surface area (Å²) in [5.74, 6) is 6.94. The van der Waals surface area contributed by atoms with Crippen LogP contribution in [0.4, 0.5) is 0 Å². The lowest BCUT2D eigenvalue weighted by molar-refractivity contribution is 0.0334. The molecule has 1 aliphatic rings. The van der Waals surface area contributed by atoms with Crippen molar-refractivity contribution in [2.24, 2.45) is 0 Å². The summed E-state index contributed by atoms with van der Waals surface area (Å²) in [6.45, 7) is 14.1. The standard InChI is InChI=1S/C37H40O2Si/c1-10-36(38-8)32-21-28-15-11-13-17-30(28)23-34(32)37(39-9,19-20-40(25(2)3,26(4)5)27(6)7)35-24-31-18-14-12-16-29(31)22-33(35)36/h1,11-18,21-27H,2-9H3. The monoisotopic (exact) mass is 544 g/mol. The Balaban J connectivity index is 1.99. The van der Waals surface area contributed by atoms with Gasteiger partial charge in [-0.25, -0.2) is 0 Å². The van der Waals surface area contributed by atoms with E-state index in [2.05, 4.69) is 132 Å². The molecular formula is C37H40O2Si. The van der Waals surface area contributed by atoms with Crippen molar-refractivity contribution in [1.29, 1.82) is 0 Å². The van der Waals surface area contributed by atoms with Crippen molar-refractivity contribution in [3.8, 4) is 23.8 Å². The maximum Gasteiger partial charge on any atom is 0.179 e. The molecule has 40 heavy (non-hydrogen) atoms. The predicted molar refractivity (Wildman–Crippen MR) is 171 cm³/mol. The Kier molecular flexibility index (Phi) is 7.22. The molecule has 0 bridgehead atoms. The first-order valence-electron chi connectivity index (χ1n) is 14.3. The van der Waals surface area contributed by atoms with E-state index in [1.54, 1.807) is 14.2 Å². The van der Waals surface area contributed by atoms with Crippen molar-refractivity contribution in [3.05, 3.63) is 95.1 Å². The van der Waals surface area contributed by atoms with Crippen LogP contribution in [0, 0.1) is 23.8 Å². The van der Waals surface area contributed by atoms with Crippen LogP contribution in [0.5, 0.6) is 0 Å². The summed E-state index contributed by atoms with van der Waals surface area (Å²) < 4.78 is 13.0. The Morgan fingerprint density at radius 3 is 1.20 bits per heavy atom. The molecule has 0 atom stereocenters. The molecule has 0 N–H and O–H groups in total. The average molecular weight is 545 g/mol. The summed E-state index contributed by atoms with van der Waals surface area (Å²) in [7, 11) is 1.40. The molecule has 204 valence electrons. The highest BCUT2D eigenvalue weighted by Crippen LogP contribution is 2.53. The molecule has 5 rings (SSSR count). The summed E-state index contributed by atoms with van der Waals surface area (Å²) in [4.78, 5) is 0. The number of terminal acetylenes is 1. The first-order chi connectivity index (χ1) is 19.1. The molecule has 0 fully saturated rings. The fourth-order valence-corrected chi connectivity index (χ4v) is 12.7. The van der Waals surface area contributed by atoms with Gasteiger partial charge < -0.3 is 9.47 Å². The van der Waals surface area contributed by atoms with Crippen molar-refractivity contribution in [1.82, 2.24) is 0 Å². The van der Waals surface area contributed by atoms with Gasteiger partial charge in [-0.3, -0.25) is 0 Å². The molecule has 0 spiro atoms. The number of benzene rings is 4. The zero-order valence-electron chi connectivity index (χ0n) is 25.1. The third kappa shape index (κ3) is 3.87. The van der Waals surface area contributed by atoms with Gasteiger partial charge in [-0.15, -0.1) is 12.0 Å². The Morgan fingerprint density at radius 1 is 0.600 bits per heavy atom. The van der Waals surface area contributed by atoms with Crippen LogP contribution < -0.4 is 0 Å². The Hall–Kier alpha value is -3.34. The maximum atomic E-state index is 6.67. The van der Waals surface area contributed by atoms with Gasteiger partial charge in [0, 0.05) is 36.5 Å². The lowest BCUT2D eigenvalue weighted by Gasteiger charge is -2.45. The second kappa shape index (κ2) is 10.2. The van der Waals surface area contributed by atoms with Crippen LogP contribution in [-0.4, -0.2) is 22.3 Å². The van der Waals surface area contributed by atoms with Crippen LogP contribution in [-0.2, 0) is 20.7 Å². The van der Waals surface area contributed by atoms with E-state index in [1.165, 1.54) is 0 Å². The highest BCUT2D eigenvalue weighted by molar-refractivity contribution is 6.90. The maximum absolute atomic E-state index is 6.67. The van der Waals surface area contributed by atoms with Crippen molar-refractivity contribution >= 4 is 29.6 Å². The summed E-state index contributed by atoms with van der Waals surface area (Å²) in [5.41, 5.74) is 7.16. The lowest BCUT2D eigenvalue weighted by atomic mass is 9.66. The highest BCUT2D eigenvalue weighted by atomic mass is 28.3. The summed E-state index contributed by atoms with van der Waals surface area (Å²) in [5, 5.41) is 4.46. The number of hydrogen-bond acceptors (Lipinski definition) is 2. The molecule has 0 radical (unpaired) electrons. The molecule has 0 heterocycles. The summed E-state index contributed by atoms with van der Waals surface area (Å²) in [6, 6.07) is 25.6. The number of rotatable bonds is 5. The van der Waals surface area contributed by atoms with Crippen LogP contribution in [0.1, 0.15) is 63.8 Å². The van der Waals surface area contributed by atoms with Gasteiger partial charge >= 0.3 is 0 Å². The zero-order valence-corrected chi connectivity index (χ0v) is 26.1. The number of methoxy groups -OCH3 is 2. The summed E-state index contributed by atoms with van der Waals surface area (Å²) in [6.07, 6.45) is 6.41. The van der Waals surface area contributed by atoms with Gasteiger partial charge in [-0.05, 0) is 62.4 Å². The van der Waals surface area contributed by atoms with Crippen molar-refractivity contribution in [2.75, 3.05) is 14.2 Å². The quantitative estimate of drug-likeness (QED) is 0.184. The number of ether oxygens (including phenoxy) is 2. The van der Waals surface area contributed by atoms with Crippen LogP contribution in [0.15, 0.2) is 72.8 Å². The minimum absolute atomic E-state index is 0.494. The SMILES string of the molecule is C#CC1(OC)c2cc3ccccc3cc2C(C#C[Si](C(C)C)(C(C)C)C(C)C)(OC)c2cc3ccccc3cc21. The molecule has 0 aliphatic heterocycles. The topological polar surface area (TPSA) is 18.5 Å². The smallest absolute Gasteiger partial charge is 0.179 e. The fraction of sp³-hybridized carbons (Fsp3) is 0.351. The van der Waals surface area contributed by atoms with Crippen LogP contribution in [0.3, 0.4) is 0 Å². The van der Waals surface area contributed by atoms with Crippen molar-refractivity contribution < 1.29 is 9.47 Å². The molecule has 4 aromatic carbocycles. The third-order valence-electron chi connectivity index (χ3n) is 9.43. The normalized spacial score (nSPS) is 20.4. The molecule has 0 saturated carbocycles. The third-order valence-corrected chi connectivity index (χ3v) is 15.7. The van der Waals surface area contributed by atoms with Gasteiger partial charge in [0.15, 0.2) is 11.2 Å². The molecule has 0 amide bonds. The molecule has 0 aromatic heterocycles. The van der Waals surface area contributed by atoms with E-state index in [0.717, 1.165) is 43.8 Å². The molecule has 2 nitrogen and oxygen atoms in total. The second-order valence-corrected chi connectivity index (χ2v) is 17.6. The first-order valence-corrected chi connectivity index (χ1v) is 16.5. The molecule has 3 heteroatoms. The van der Waals surface area contributed by atoms with Crippen LogP contribution >= 0.6 is 0 Å². The predicted octanol–water partition coefficient (Wildman–Crippen LogP) is 8.94. The first kappa shape index (κ1) is 28.2. The minimum atomic E-state index is -2.09. The van der Waals surface area contributed by atoms with Crippen LogP contribution in [0.2, 0.25) is 16.6 Å². The fourth-order valence-electron chi connectivity index (χ4n) is 7.41. The second-order valence-electron chi connectivity index (χ2n) is 12.1. The Morgan fingerprint density at radius 2 is 0.925 bits per heavy atom. The minimum Gasteiger partial charge on any atom is -0.357 e. The summed E-state index contributed by atoms with van der Waals surface area (Å²) >= 11 is 0. The molecule has 4 aromatic rings. The van der Waals surface area contributed by atoms with Crippen molar-refractivity contribution in [2.45, 2.75) is 69.4 Å². The van der Waals surface area contributed by atoms with E-state index in [9.17, 15) is 0 Å². The van der Waals surface area contributed by atoms with E-state index in [0.29, 0.717) is 16.6 Å². The van der Waals surface area contributed by atoms with E-state index in [-0.39, 0.29) is 0 Å². The van der Waals surface area contributed by atoms with E-state index < -0.39 is 19.3 Å². The lowest BCUT2D eigenvalue weighted by Crippen LogP contribution is -2.46. The molecule has 0 saturated heterocycles. The Labute approximate surface area is 241 Å².